The maximum atomic E-state index is 5.56. The Labute approximate surface area is 111 Å². The van der Waals surface area contributed by atoms with Crippen LogP contribution in [-0.4, -0.2) is 21.5 Å². The van der Waals surface area contributed by atoms with Crippen molar-refractivity contribution in [2.24, 2.45) is 0 Å². The molecule has 1 N–H and O–H groups in total. The largest absolute Gasteiger partial charge is 0.467 e. The van der Waals surface area contributed by atoms with E-state index in [0.717, 1.165) is 29.9 Å². The maximum Gasteiger partial charge on any atom is 0.129 e. The molecule has 19 heavy (non-hydrogen) atoms. The molecule has 0 bridgehead atoms. The number of rotatable bonds is 5. The van der Waals surface area contributed by atoms with Gasteiger partial charge < -0.3 is 9.73 Å². The van der Waals surface area contributed by atoms with E-state index >= 15 is 0 Å². The highest BCUT2D eigenvalue weighted by Gasteiger charge is 2.10. The Hall–Kier alpha value is -2.14. The number of hydrogen-bond acceptors (Lipinski definition) is 4. The molecular formula is C14H16N4O. The molecule has 0 radical (unpaired) electrons. The van der Waals surface area contributed by atoms with E-state index < -0.39 is 0 Å². The Morgan fingerprint density at radius 3 is 3.05 bits per heavy atom. The predicted octanol–water partition coefficient (Wildman–Crippen LogP) is 2.18. The third kappa shape index (κ3) is 2.37. The van der Waals surface area contributed by atoms with E-state index in [1.807, 2.05) is 35.0 Å². The summed E-state index contributed by atoms with van der Waals surface area (Å²) in [6, 6.07) is 9.93. The molecule has 98 valence electrons. The molecule has 0 aliphatic heterocycles. The van der Waals surface area contributed by atoms with Crippen LogP contribution in [0, 0.1) is 0 Å². The average molecular weight is 256 g/mol. The van der Waals surface area contributed by atoms with Crippen LogP contribution in [0.2, 0.25) is 0 Å². The molecule has 3 aromatic rings. The lowest BCUT2D eigenvalue weighted by molar-refractivity contribution is 0.473. The van der Waals surface area contributed by atoms with Gasteiger partial charge in [-0.15, -0.1) is 5.10 Å². The van der Waals surface area contributed by atoms with Crippen molar-refractivity contribution in [3.05, 3.63) is 47.9 Å². The lowest BCUT2D eigenvalue weighted by Gasteiger charge is -2.04. The first-order chi connectivity index (χ1) is 9.38. The van der Waals surface area contributed by atoms with E-state index in [0.29, 0.717) is 6.54 Å². The maximum absolute atomic E-state index is 5.56. The molecule has 2 heterocycles. The number of aromatic nitrogens is 3. The van der Waals surface area contributed by atoms with Gasteiger partial charge in [0.2, 0.25) is 0 Å². The van der Waals surface area contributed by atoms with Gasteiger partial charge in [-0.05, 0) is 24.7 Å². The molecule has 5 nitrogen and oxygen atoms in total. The van der Waals surface area contributed by atoms with Crippen LogP contribution >= 0.6 is 0 Å². The highest BCUT2D eigenvalue weighted by Crippen LogP contribution is 2.15. The quantitative estimate of drug-likeness (QED) is 0.760. The molecule has 0 saturated carbocycles. The van der Waals surface area contributed by atoms with E-state index in [-0.39, 0.29) is 0 Å². The summed E-state index contributed by atoms with van der Waals surface area (Å²) in [7, 11) is 0. The first kappa shape index (κ1) is 11.9. The first-order valence-corrected chi connectivity index (χ1v) is 6.42. The minimum atomic E-state index is 0.605. The third-order valence-corrected chi connectivity index (χ3v) is 3.12. The van der Waals surface area contributed by atoms with Gasteiger partial charge in [-0.3, -0.25) is 0 Å². The van der Waals surface area contributed by atoms with Gasteiger partial charge in [0.05, 0.1) is 11.8 Å². The third-order valence-electron chi connectivity index (χ3n) is 3.12. The van der Waals surface area contributed by atoms with Crippen LogP contribution < -0.4 is 5.32 Å². The van der Waals surface area contributed by atoms with Crippen LogP contribution in [0.4, 0.5) is 0 Å². The average Bonchev–Trinajstić information content (AvgIpc) is 3.05. The van der Waals surface area contributed by atoms with Crippen LogP contribution in [0.1, 0.15) is 18.2 Å². The van der Waals surface area contributed by atoms with E-state index in [2.05, 4.69) is 22.6 Å². The molecule has 5 heteroatoms. The van der Waals surface area contributed by atoms with Gasteiger partial charge in [0, 0.05) is 12.1 Å². The highest BCUT2D eigenvalue weighted by molar-refractivity contribution is 5.73. The number of nitrogens with one attached hydrogen (secondary N) is 1. The Morgan fingerprint density at radius 1 is 1.26 bits per heavy atom. The van der Waals surface area contributed by atoms with Crippen molar-refractivity contribution in [3.63, 3.8) is 0 Å². The molecule has 3 rings (SSSR count). The Balaban J connectivity index is 1.87. The molecular weight excluding hydrogens is 240 g/mol. The molecule has 0 aliphatic carbocycles. The molecule has 2 aromatic heterocycles. The van der Waals surface area contributed by atoms with Crippen molar-refractivity contribution in [3.8, 4) is 0 Å². The fourth-order valence-electron chi connectivity index (χ4n) is 2.09. The topological polar surface area (TPSA) is 55.9 Å². The molecule has 0 unspecified atom stereocenters. The Kier molecular flexibility index (Phi) is 3.29. The van der Waals surface area contributed by atoms with Crippen molar-refractivity contribution in [2.45, 2.75) is 20.0 Å². The van der Waals surface area contributed by atoms with Gasteiger partial charge in [-0.25, -0.2) is 4.68 Å². The van der Waals surface area contributed by atoms with Crippen molar-refractivity contribution in [1.82, 2.24) is 20.3 Å². The second-order valence-corrected chi connectivity index (χ2v) is 4.39. The summed E-state index contributed by atoms with van der Waals surface area (Å²) in [6.45, 7) is 4.45. The van der Waals surface area contributed by atoms with Crippen LogP contribution in [0.5, 0.6) is 0 Å². The summed E-state index contributed by atoms with van der Waals surface area (Å²) >= 11 is 0. The van der Waals surface area contributed by atoms with Gasteiger partial charge in [0.15, 0.2) is 0 Å². The van der Waals surface area contributed by atoms with Crippen molar-refractivity contribution in [2.75, 3.05) is 6.54 Å². The number of fused-ring (bicyclic) bond motifs is 1. The van der Waals surface area contributed by atoms with Crippen molar-refractivity contribution >= 4 is 11.0 Å². The van der Waals surface area contributed by atoms with E-state index in [9.17, 15) is 0 Å². The summed E-state index contributed by atoms with van der Waals surface area (Å²) in [5.74, 6) is 0.927. The SMILES string of the molecule is CCNCc1ccoc1Cn1nnc2ccccc21. The highest BCUT2D eigenvalue weighted by atomic mass is 16.3. The molecule has 0 fully saturated rings. The minimum absolute atomic E-state index is 0.605. The predicted molar refractivity (Wildman–Crippen MR) is 72.7 cm³/mol. The van der Waals surface area contributed by atoms with Crippen LogP contribution in [0.15, 0.2) is 41.0 Å². The van der Waals surface area contributed by atoms with Crippen molar-refractivity contribution in [1.29, 1.82) is 0 Å². The smallest absolute Gasteiger partial charge is 0.129 e. The summed E-state index contributed by atoms with van der Waals surface area (Å²) in [5, 5.41) is 11.6. The minimum Gasteiger partial charge on any atom is -0.467 e. The summed E-state index contributed by atoms with van der Waals surface area (Å²) in [6.07, 6.45) is 1.72. The second-order valence-electron chi connectivity index (χ2n) is 4.39. The zero-order valence-electron chi connectivity index (χ0n) is 10.8. The van der Waals surface area contributed by atoms with Crippen LogP contribution in [0.25, 0.3) is 11.0 Å². The zero-order chi connectivity index (χ0) is 13.1. The zero-order valence-corrected chi connectivity index (χ0v) is 10.8. The van der Waals surface area contributed by atoms with Crippen LogP contribution in [0.3, 0.4) is 0 Å². The van der Waals surface area contributed by atoms with E-state index in [1.165, 1.54) is 5.56 Å². The molecule has 0 amide bonds. The van der Waals surface area contributed by atoms with Gasteiger partial charge in [-0.1, -0.05) is 24.3 Å². The van der Waals surface area contributed by atoms with Gasteiger partial charge in [0.1, 0.15) is 17.8 Å². The molecule has 0 aliphatic rings. The lowest BCUT2D eigenvalue weighted by atomic mass is 10.2. The number of benzene rings is 1. The molecule has 0 atom stereocenters. The standard InChI is InChI=1S/C14H16N4O/c1-2-15-9-11-7-8-19-14(11)10-18-13-6-4-3-5-12(13)16-17-18/h3-8,15H,2,9-10H2,1H3. The van der Waals surface area contributed by atoms with Crippen LogP contribution in [-0.2, 0) is 13.1 Å². The first-order valence-electron chi connectivity index (χ1n) is 6.42. The monoisotopic (exact) mass is 256 g/mol. The fourth-order valence-corrected chi connectivity index (χ4v) is 2.09. The van der Waals surface area contributed by atoms with Crippen molar-refractivity contribution < 1.29 is 4.42 Å². The van der Waals surface area contributed by atoms with Gasteiger partial charge in [0.25, 0.3) is 0 Å². The van der Waals surface area contributed by atoms with Gasteiger partial charge in [-0.2, -0.15) is 0 Å². The normalized spacial score (nSPS) is 11.2. The number of furan rings is 1. The molecule has 0 spiro atoms. The fraction of sp³-hybridized carbons (Fsp3) is 0.286. The number of hydrogen-bond donors (Lipinski definition) is 1. The summed E-state index contributed by atoms with van der Waals surface area (Å²) < 4.78 is 7.42. The van der Waals surface area contributed by atoms with Gasteiger partial charge >= 0.3 is 0 Å². The lowest BCUT2D eigenvalue weighted by Crippen LogP contribution is -2.13. The van der Waals surface area contributed by atoms with E-state index in [4.69, 9.17) is 4.42 Å². The summed E-state index contributed by atoms with van der Waals surface area (Å²) in [5.41, 5.74) is 3.09. The number of nitrogens with zero attached hydrogens (tertiary/aromatic N) is 3. The number of para-hydroxylation sites is 1. The van der Waals surface area contributed by atoms with E-state index in [1.54, 1.807) is 6.26 Å². The Morgan fingerprint density at radius 2 is 2.16 bits per heavy atom. The molecule has 1 aromatic carbocycles. The summed E-state index contributed by atoms with van der Waals surface area (Å²) in [4.78, 5) is 0. The molecule has 0 saturated heterocycles. The Bertz CT molecular complexity index is 671. The second kappa shape index (κ2) is 5.24.